The minimum Gasteiger partial charge on any atom is -0.306 e. The zero-order valence-electron chi connectivity index (χ0n) is 25.9. The lowest BCUT2D eigenvalue weighted by Gasteiger charge is -2.18. The fraction of sp³-hybridized carbons (Fsp3) is 0.143. The van der Waals surface area contributed by atoms with Gasteiger partial charge in [-0.1, -0.05) is 54.6 Å². The van der Waals surface area contributed by atoms with Gasteiger partial charge in [0, 0.05) is 35.4 Å². The molecule has 0 unspecified atom stereocenters. The Balaban J connectivity index is 1.59. The summed E-state index contributed by atoms with van der Waals surface area (Å²) in [6.45, 7) is 0.394. The van der Waals surface area contributed by atoms with E-state index in [4.69, 9.17) is 0 Å². The highest BCUT2D eigenvalue weighted by Gasteiger charge is 2.26. The van der Waals surface area contributed by atoms with Crippen LogP contribution in [0.2, 0.25) is 0 Å². The molecular formula is C35H30F2N6O4S. The number of nitrogens with one attached hydrogen (secondary N) is 2. The number of hydrogen-bond acceptors (Lipinski definition) is 7. The van der Waals surface area contributed by atoms with E-state index in [1.165, 1.54) is 41.3 Å². The van der Waals surface area contributed by atoms with Crippen LogP contribution in [0.25, 0.3) is 26.5 Å². The van der Waals surface area contributed by atoms with Crippen molar-refractivity contribution in [3.8, 4) is 16.3 Å². The standard InChI is InChI=1S/C35H30F2N6O4S/c1-41(19-22-9-4-3-5-10-22)20-26-30-32(44)43(29-13-6-7-18-38-29)35(46)42(21-25-27(36)11-8-12-28(25)37)33(30)48-31(26)23-14-16-24(17-15-23)39-34(45)40-47-2/h3-18H,19-21H2,1-2H3,(H2,39,40,45). The Bertz CT molecular complexity index is 2180. The zero-order chi connectivity index (χ0) is 33.8. The van der Waals surface area contributed by atoms with Crippen molar-refractivity contribution in [3.63, 3.8) is 0 Å². The number of anilines is 1. The quantitative estimate of drug-likeness (QED) is 0.176. The van der Waals surface area contributed by atoms with E-state index in [-0.39, 0.29) is 21.6 Å². The number of urea groups is 1. The van der Waals surface area contributed by atoms with Gasteiger partial charge in [-0.25, -0.2) is 33.4 Å². The van der Waals surface area contributed by atoms with Crippen molar-refractivity contribution in [3.05, 3.63) is 146 Å². The van der Waals surface area contributed by atoms with Crippen molar-refractivity contribution in [2.45, 2.75) is 19.6 Å². The maximum atomic E-state index is 15.0. The molecule has 0 radical (unpaired) electrons. The largest absolute Gasteiger partial charge is 0.343 e. The van der Waals surface area contributed by atoms with Crippen LogP contribution in [-0.2, 0) is 24.5 Å². The number of fused-ring (bicyclic) bond motifs is 1. The van der Waals surface area contributed by atoms with E-state index >= 15 is 0 Å². The maximum Gasteiger partial charge on any atom is 0.343 e. The first-order valence-corrected chi connectivity index (χ1v) is 15.6. The Morgan fingerprint density at radius 3 is 2.27 bits per heavy atom. The molecule has 0 atom stereocenters. The van der Waals surface area contributed by atoms with Crippen LogP contribution in [0.5, 0.6) is 0 Å². The number of aromatic nitrogens is 3. The lowest BCUT2D eigenvalue weighted by molar-refractivity contribution is 0.114. The van der Waals surface area contributed by atoms with Crippen LogP contribution in [0.4, 0.5) is 19.3 Å². The molecule has 3 aromatic carbocycles. The normalized spacial score (nSPS) is 11.3. The molecule has 3 aromatic heterocycles. The SMILES string of the molecule is CONC(=O)Nc1ccc(-c2sc3c(c2CN(C)Cc2ccccc2)c(=O)n(-c2ccccn2)c(=O)n3Cc2c(F)cccc2F)cc1. The van der Waals surface area contributed by atoms with Crippen LogP contribution in [0, 0.1) is 11.6 Å². The first-order valence-electron chi connectivity index (χ1n) is 14.8. The molecule has 0 aliphatic heterocycles. The van der Waals surface area contributed by atoms with Crippen molar-refractivity contribution >= 4 is 33.3 Å². The highest BCUT2D eigenvalue weighted by Crippen LogP contribution is 2.38. The van der Waals surface area contributed by atoms with E-state index in [1.807, 2.05) is 42.3 Å². The van der Waals surface area contributed by atoms with Crippen molar-refractivity contribution in [1.29, 1.82) is 0 Å². The lowest BCUT2D eigenvalue weighted by atomic mass is 10.1. The second-order valence-electron chi connectivity index (χ2n) is 11.0. The van der Waals surface area contributed by atoms with Crippen molar-refractivity contribution in [2.75, 3.05) is 19.5 Å². The van der Waals surface area contributed by atoms with Crippen LogP contribution in [0.3, 0.4) is 0 Å². The number of pyridine rings is 1. The van der Waals surface area contributed by atoms with Gasteiger partial charge < -0.3 is 5.32 Å². The van der Waals surface area contributed by atoms with Crippen molar-refractivity contribution in [1.82, 2.24) is 24.5 Å². The molecule has 2 amide bonds. The predicted molar refractivity (Wildman–Crippen MR) is 181 cm³/mol. The molecule has 13 heteroatoms. The molecule has 6 aromatic rings. The van der Waals surface area contributed by atoms with Gasteiger partial charge in [-0.2, -0.15) is 0 Å². The van der Waals surface area contributed by atoms with Gasteiger partial charge in [0.15, 0.2) is 0 Å². The summed E-state index contributed by atoms with van der Waals surface area (Å²) < 4.78 is 32.2. The molecule has 10 nitrogen and oxygen atoms in total. The molecule has 0 saturated carbocycles. The molecular weight excluding hydrogens is 638 g/mol. The Hall–Kier alpha value is -5.50. The van der Waals surface area contributed by atoms with Gasteiger partial charge in [0.2, 0.25) is 0 Å². The third kappa shape index (κ3) is 6.65. The van der Waals surface area contributed by atoms with E-state index < -0.39 is 35.5 Å². The molecule has 48 heavy (non-hydrogen) atoms. The molecule has 6 rings (SSSR count). The van der Waals surface area contributed by atoms with Gasteiger partial charge in [-0.3, -0.25) is 19.1 Å². The minimum atomic E-state index is -0.814. The summed E-state index contributed by atoms with van der Waals surface area (Å²) in [7, 11) is 3.24. The zero-order valence-corrected chi connectivity index (χ0v) is 26.8. The van der Waals surface area contributed by atoms with E-state index in [1.54, 1.807) is 36.4 Å². The number of nitrogens with zero attached hydrogens (tertiary/aromatic N) is 4. The summed E-state index contributed by atoms with van der Waals surface area (Å²) in [4.78, 5) is 52.4. The van der Waals surface area contributed by atoms with Crippen LogP contribution in [0.1, 0.15) is 16.7 Å². The Morgan fingerprint density at radius 2 is 1.60 bits per heavy atom. The Kier molecular flexibility index (Phi) is 9.52. The third-order valence-electron chi connectivity index (χ3n) is 7.65. The van der Waals surface area contributed by atoms with Crippen molar-refractivity contribution in [2.24, 2.45) is 0 Å². The van der Waals surface area contributed by atoms with Gasteiger partial charge in [0.05, 0.1) is 19.0 Å². The summed E-state index contributed by atoms with van der Waals surface area (Å²) in [5, 5.41) is 2.89. The smallest absolute Gasteiger partial charge is 0.306 e. The molecule has 2 N–H and O–H groups in total. The van der Waals surface area contributed by atoms with E-state index in [0.29, 0.717) is 34.8 Å². The molecule has 0 fully saturated rings. The molecule has 3 heterocycles. The maximum absolute atomic E-state index is 15.0. The number of thiophene rings is 1. The fourth-order valence-electron chi connectivity index (χ4n) is 5.50. The number of hydrogen-bond donors (Lipinski definition) is 2. The van der Waals surface area contributed by atoms with Crippen LogP contribution in [0.15, 0.2) is 107 Å². The summed E-state index contributed by atoms with van der Waals surface area (Å²) in [6, 6.07) is 24.6. The highest BCUT2D eigenvalue weighted by atomic mass is 32.1. The molecule has 0 aliphatic carbocycles. The first-order chi connectivity index (χ1) is 23.2. The number of benzene rings is 3. The number of hydroxylamine groups is 1. The van der Waals surface area contributed by atoms with Crippen molar-refractivity contribution < 1.29 is 18.4 Å². The van der Waals surface area contributed by atoms with E-state index in [2.05, 4.69) is 20.6 Å². The number of carbonyl (C=O) groups is 1. The molecule has 244 valence electrons. The number of carbonyl (C=O) groups excluding carboxylic acids is 1. The summed E-state index contributed by atoms with van der Waals surface area (Å²) >= 11 is 1.18. The molecule has 0 aliphatic rings. The van der Waals surface area contributed by atoms with Gasteiger partial charge >= 0.3 is 11.7 Å². The second-order valence-corrected chi connectivity index (χ2v) is 12.0. The Labute approximate surface area is 277 Å². The van der Waals surface area contributed by atoms with Gasteiger partial charge in [-0.15, -0.1) is 11.3 Å². The highest BCUT2D eigenvalue weighted by molar-refractivity contribution is 7.22. The van der Waals surface area contributed by atoms with Gasteiger partial charge in [0.1, 0.15) is 22.3 Å². The molecule has 0 saturated heterocycles. The third-order valence-corrected chi connectivity index (χ3v) is 8.96. The first kappa shape index (κ1) is 32.4. The summed E-state index contributed by atoms with van der Waals surface area (Å²) in [6.07, 6.45) is 1.46. The van der Waals surface area contributed by atoms with Crippen LogP contribution >= 0.6 is 11.3 Å². The number of amides is 2. The average molecular weight is 669 g/mol. The topological polar surface area (TPSA) is 110 Å². The number of rotatable bonds is 10. The van der Waals surface area contributed by atoms with Gasteiger partial charge in [-0.05, 0) is 60.1 Å². The fourth-order valence-corrected chi connectivity index (χ4v) is 6.80. The predicted octanol–water partition coefficient (Wildman–Crippen LogP) is 5.92. The van der Waals surface area contributed by atoms with E-state index in [9.17, 15) is 23.2 Å². The molecule has 0 spiro atoms. The summed E-state index contributed by atoms with van der Waals surface area (Å²) in [5.74, 6) is -1.55. The average Bonchev–Trinajstić information content (AvgIpc) is 3.44. The minimum absolute atomic E-state index is 0.0817. The molecule has 0 bridgehead atoms. The van der Waals surface area contributed by atoms with Gasteiger partial charge in [0.25, 0.3) is 5.56 Å². The van der Waals surface area contributed by atoms with E-state index in [0.717, 1.165) is 22.3 Å². The second kappa shape index (κ2) is 14.1. The monoisotopic (exact) mass is 668 g/mol. The van der Waals surface area contributed by atoms with Crippen LogP contribution < -0.4 is 22.0 Å². The Morgan fingerprint density at radius 1 is 0.896 bits per heavy atom. The summed E-state index contributed by atoms with van der Waals surface area (Å²) in [5.41, 5.74) is 3.38. The lowest BCUT2D eigenvalue weighted by Crippen LogP contribution is -2.39. The number of halogens is 2. The van der Waals surface area contributed by atoms with Crippen LogP contribution in [-0.4, -0.2) is 39.2 Å².